The van der Waals surface area contributed by atoms with Crippen molar-refractivity contribution in [1.29, 1.82) is 0 Å². The van der Waals surface area contributed by atoms with E-state index >= 15 is 0 Å². The molecule has 0 spiro atoms. The molecule has 2 aromatic rings. The third-order valence-corrected chi connectivity index (χ3v) is 3.34. The van der Waals surface area contributed by atoms with E-state index in [9.17, 15) is 9.90 Å². The molecule has 0 unspecified atom stereocenters. The van der Waals surface area contributed by atoms with E-state index in [-0.39, 0.29) is 11.7 Å². The summed E-state index contributed by atoms with van der Waals surface area (Å²) in [4.78, 5) is 11.8. The first-order chi connectivity index (χ1) is 9.20. The maximum Gasteiger partial charge on any atom is 0.356 e. The number of aryl methyl sites for hydroxylation is 1. The van der Waals surface area contributed by atoms with Crippen molar-refractivity contribution < 1.29 is 14.6 Å². The third kappa shape index (κ3) is 1.87. The highest BCUT2D eigenvalue weighted by Crippen LogP contribution is 2.35. The molecule has 5 nitrogen and oxygen atoms in total. The summed E-state index contributed by atoms with van der Waals surface area (Å²) in [5.74, 6) is -0.174. The van der Waals surface area contributed by atoms with Crippen molar-refractivity contribution >= 4 is 5.97 Å². The molecule has 0 aliphatic heterocycles. The van der Waals surface area contributed by atoms with Crippen LogP contribution in [0.15, 0.2) is 18.2 Å². The zero-order chi connectivity index (χ0) is 13.4. The van der Waals surface area contributed by atoms with Crippen LogP contribution in [0, 0.1) is 0 Å². The number of carbonyl (C=O) groups is 1. The van der Waals surface area contributed by atoms with Gasteiger partial charge in [-0.1, -0.05) is 6.07 Å². The molecule has 1 heterocycles. The third-order valence-electron chi connectivity index (χ3n) is 3.34. The van der Waals surface area contributed by atoms with Gasteiger partial charge in [-0.2, -0.15) is 5.10 Å². The number of rotatable bonds is 2. The first-order valence-corrected chi connectivity index (χ1v) is 6.27. The minimum absolute atomic E-state index is 0.201. The Morgan fingerprint density at radius 1 is 1.47 bits per heavy atom. The Bertz CT molecular complexity index is 646. The van der Waals surface area contributed by atoms with Crippen LogP contribution in [0.2, 0.25) is 0 Å². The van der Waals surface area contributed by atoms with Crippen molar-refractivity contribution in [2.75, 3.05) is 6.61 Å². The number of ether oxygens (including phenoxy) is 1. The molecular formula is C14H14N2O3. The van der Waals surface area contributed by atoms with Crippen molar-refractivity contribution in [3.63, 3.8) is 0 Å². The highest BCUT2D eigenvalue weighted by molar-refractivity contribution is 5.92. The average Bonchev–Trinajstić information content (AvgIpc) is 2.83. The summed E-state index contributed by atoms with van der Waals surface area (Å²) in [5.41, 5.74) is 4.04. The minimum Gasteiger partial charge on any atom is -0.508 e. The lowest BCUT2D eigenvalue weighted by Crippen LogP contribution is -2.10. The lowest BCUT2D eigenvalue weighted by molar-refractivity contribution is 0.0518. The number of H-pyrrole nitrogens is 1. The van der Waals surface area contributed by atoms with Gasteiger partial charge in [-0.05, 0) is 37.5 Å². The van der Waals surface area contributed by atoms with Gasteiger partial charge in [-0.25, -0.2) is 4.79 Å². The van der Waals surface area contributed by atoms with Gasteiger partial charge in [0.1, 0.15) is 11.4 Å². The molecule has 3 rings (SSSR count). The van der Waals surface area contributed by atoms with E-state index in [1.54, 1.807) is 19.1 Å². The summed E-state index contributed by atoms with van der Waals surface area (Å²) in [6.45, 7) is 2.11. The molecule has 1 aliphatic carbocycles. The number of nitrogens with one attached hydrogen (secondary N) is 1. The molecule has 0 radical (unpaired) electrons. The molecule has 0 saturated carbocycles. The zero-order valence-corrected chi connectivity index (χ0v) is 10.6. The topological polar surface area (TPSA) is 75.2 Å². The Morgan fingerprint density at radius 3 is 3.11 bits per heavy atom. The number of nitrogens with zero attached hydrogens (tertiary/aromatic N) is 1. The molecule has 2 N–H and O–H groups in total. The van der Waals surface area contributed by atoms with Gasteiger partial charge in [0, 0.05) is 11.1 Å². The molecule has 19 heavy (non-hydrogen) atoms. The Morgan fingerprint density at radius 2 is 2.32 bits per heavy atom. The highest BCUT2D eigenvalue weighted by Gasteiger charge is 2.26. The fourth-order valence-corrected chi connectivity index (χ4v) is 2.47. The summed E-state index contributed by atoms with van der Waals surface area (Å²) >= 11 is 0. The predicted molar refractivity (Wildman–Crippen MR) is 69.1 cm³/mol. The molecule has 0 atom stereocenters. The maximum atomic E-state index is 11.8. The van der Waals surface area contributed by atoms with Gasteiger partial charge in [0.25, 0.3) is 0 Å². The molecule has 1 aromatic carbocycles. The van der Waals surface area contributed by atoms with Crippen molar-refractivity contribution in [2.45, 2.75) is 19.8 Å². The van der Waals surface area contributed by atoms with Crippen LogP contribution in [0.4, 0.5) is 0 Å². The summed E-state index contributed by atoms with van der Waals surface area (Å²) in [6, 6.07) is 5.25. The van der Waals surface area contributed by atoms with E-state index in [1.165, 1.54) is 0 Å². The fourth-order valence-electron chi connectivity index (χ4n) is 2.47. The predicted octanol–water partition coefficient (Wildman–Crippen LogP) is 2.06. The van der Waals surface area contributed by atoms with Crippen molar-refractivity contribution in [3.8, 4) is 17.0 Å². The second-order valence-corrected chi connectivity index (χ2v) is 4.49. The van der Waals surface area contributed by atoms with E-state index in [0.29, 0.717) is 12.3 Å². The smallest absolute Gasteiger partial charge is 0.356 e. The second-order valence-electron chi connectivity index (χ2n) is 4.49. The molecule has 0 saturated heterocycles. The van der Waals surface area contributed by atoms with Gasteiger partial charge in [-0.3, -0.25) is 5.10 Å². The first-order valence-electron chi connectivity index (χ1n) is 6.27. The molecule has 1 aliphatic rings. The van der Waals surface area contributed by atoms with E-state index in [1.807, 2.05) is 6.07 Å². The molecule has 0 amide bonds. The molecule has 0 fully saturated rings. The number of aromatic amines is 1. The number of hydrogen-bond donors (Lipinski definition) is 2. The Hall–Kier alpha value is -2.30. The standard InChI is InChI=1S/C14H14N2O3/c1-2-19-14(18)13-10-6-4-8-3-5-9(17)7-11(8)12(10)15-16-13/h3,5,7,17H,2,4,6H2,1H3,(H,15,16). The van der Waals surface area contributed by atoms with Crippen LogP contribution in [-0.4, -0.2) is 27.9 Å². The zero-order valence-electron chi connectivity index (χ0n) is 10.6. The lowest BCUT2D eigenvalue weighted by atomic mass is 9.89. The summed E-state index contributed by atoms with van der Waals surface area (Å²) < 4.78 is 5.00. The van der Waals surface area contributed by atoms with Crippen LogP contribution in [0.1, 0.15) is 28.5 Å². The van der Waals surface area contributed by atoms with Crippen LogP contribution in [0.25, 0.3) is 11.3 Å². The van der Waals surface area contributed by atoms with Gasteiger partial charge in [0.2, 0.25) is 0 Å². The van der Waals surface area contributed by atoms with Crippen molar-refractivity contribution in [1.82, 2.24) is 10.2 Å². The normalized spacial score (nSPS) is 12.7. The average molecular weight is 258 g/mol. The van der Waals surface area contributed by atoms with Crippen LogP contribution in [-0.2, 0) is 17.6 Å². The minimum atomic E-state index is -0.375. The van der Waals surface area contributed by atoms with E-state index in [0.717, 1.165) is 35.2 Å². The largest absolute Gasteiger partial charge is 0.508 e. The lowest BCUT2D eigenvalue weighted by Gasteiger charge is -2.15. The Labute approximate surface area is 110 Å². The summed E-state index contributed by atoms with van der Waals surface area (Å²) in [6.07, 6.45) is 1.58. The number of carbonyl (C=O) groups excluding carboxylic acids is 1. The summed E-state index contributed by atoms with van der Waals surface area (Å²) in [5, 5.41) is 16.5. The molecule has 1 aromatic heterocycles. The number of aromatic nitrogens is 2. The monoisotopic (exact) mass is 258 g/mol. The number of hydrogen-bond acceptors (Lipinski definition) is 4. The Balaban J connectivity index is 2.09. The fraction of sp³-hybridized carbons (Fsp3) is 0.286. The van der Waals surface area contributed by atoms with Gasteiger partial charge in [-0.15, -0.1) is 0 Å². The van der Waals surface area contributed by atoms with Gasteiger partial charge < -0.3 is 9.84 Å². The van der Waals surface area contributed by atoms with Crippen molar-refractivity contribution in [3.05, 3.63) is 35.0 Å². The van der Waals surface area contributed by atoms with E-state index < -0.39 is 0 Å². The van der Waals surface area contributed by atoms with Crippen LogP contribution < -0.4 is 0 Å². The molecule has 0 bridgehead atoms. The SMILES string of the molecule is CCOC(=O)c1[nH]nc2c1CCc1ccc(O)cc1-2. The molecular weight excluding hydrogens is 244 g/mol. The van der Waals surface area contributed by atoms with Gasteiger partial charge in [0.15, 0.2) is 0 Å². The molecule has 5 heteroatoms. The number of benzene rings is 1. The number of aromatic hydroxyl groups is 1. The van der Waals surface area contributed by atoms with E-state index in [2.05, 4.69) is 10.2 Å². The Kier molecular flexibility index (Phi) is 2.74. The van der Waals surface area contributed by atoms with Gasteiger partial charge >= 0.3 is 5.97 Å². The number of esters is 1. The van der Waals surface area contributed by atoms with Crippen LogP contribution in [0.5, 0.6) is 5.75 Å². The van der Waals surface area contributed by atoms with Crippen molar-refractivity contribution in [2.24, 2.45) is 0 Å². The van der Waals surface area contributed by atoms with Crippen LogP contribution >= 0.6 is 0 Å². The first kappa shape index (κ1) is 11.8. The highest BCUT2D eigenvalue weighted by atomic mass is 16.5. The number of phenolic OH excluding ortho intramolecular Hbond substituents is 1. The van der Waals surface area contributed by atoms with Gasteiger partial charge in [0.05, 0.1) is 12.3 Å². The number of fused-ring (bicyclic) bond motifs is 3. The molecule has 98 valence electrons. The maximum absolute atomic E-state index is 11.8. The van der Waals surface area contributed by atoms with Crippen LogP contribution in [0.3, 0.4) is 0 Å². The number of phenols is 1. The second kappa shape index (κ2) is 4.42. The summed E-state index contributed by atoms with van der Waals surface area (Å²) in [7, 11) is 0. The quantitative estimate of drug-likeness (QED) is 0.808. The van der Waals surface area contributed by atoms with E-state index in [4.69, 9.17) is 4.74 Å².